The Labute approximate surface area is 167 Å². The molecule has 0 aromatic heterocycles. The predicted molar refractivity (Wildman–Crippen MR) is 107 cm³/mol. The SMILES string of the molecule is CCN(CC(=O)NCc1ccc(F)cc1)C(=O)CC(C)C1CCCNC1.Cl. The topological polar surface area (TPSA) is 61.4 Å². The minimum absolute atomic E-state index is 0. The number of rotatable bonds is 8. The van der Waals surface area contributed by atoms with Crippen molar-refractivity contribution in [2.24, 2.45) is 11.8 Å². The van der Waals surface area contributed by atoms with Crippen LogP contribution in [-0.4, -0.2) is 42.9 Å². The van der Waals surface area contributed by atoms with Gasteiger partial charge in [0.05, 0.1) is 6.54 Å². The van der Waals surface area contributed by atoms with Crippen LogP contribution >= 0.6 is 12.4 Å². The Kier molecular flexibility index (Phi) is 10.3. The standard InChI is InChI=1S/C20H30FN3O2.ClH/c1-3-24(20(26)11-15(2)17-5-4-10-22-13-17)14-19(25)23-12-16-6-8-18(21)9-7-16;/h6-9,15,17,22H,3-5,10-14H2,1-2H3,(H,23,25);1H. The molecule has 1 aromatic rings. The van der Waals surface area contributed by atoms with E-state index in [1.165, 1.54) is 12.1 Å². The summed E-state index contributed by atoms with van der Waals surface area (Å²) >= 11 is 0. The van der Waals surface area contributed by atoms with Crippen molar-refractivity contribution >= 4 is 24.2 Å². The lowest BCUT2D eigenvalue weighted by molar-refractivity contribution is -0.137. The van der Waals surface area contributed by atoms with E-state index < -0.39 is 0 Å². The van der Waals surface area contributed by atoms with Crippen LogP contribution in [0, 0.1) is 17.7 Å². The van der Waals surface area contributed by atoms with E-state index in [4.69, 9.17) is 0 Å². The number of hydrogen-bond acceptors (Lipinski definition) is 3. The van der Waals surface area contributed by atoms with E-state index in [1.807, 2.05) is 6.92 Å². The highest BCUT2D eigenvalue weighted by atomic mass is 35.5. The third-order valence-corrected chi connectivity index (χ3v) is 5.11. The number of piperidine rings is 1. The molecule has 1 heterocycles. The zero-order chi connectivity index (χ0) is 18.9. The lowest BCUT2D eigenvalue weighted by Gasteiger charge is -2.29. The molecule has 0 saturated carbocycles. The molecule has 1 aliphatic rings. The van der Waals surface area contributed by atoms with Crippen LogP contribution in [0.4, 0.5) is 4.39 Å². The minimum Gasteiger partial charge on any atom is -0.350 e. The van der Waals surface area contributed by atoms with Crippen molar-refractivity contribution in [1.29, 1.82) is 0 Å². The maximum absolute atomic E-state index is 12.9. The molecule has 0 radical (unpaired) electrons. The molecule has 7 heteroatoms. The van der Waals surface area contributed by atoms with Gasteiger partial charge in [-0.3, -0.25) is 9.59 Å². The largest absolute Gasteiger partial charge is 0.350 e. The molecule has 0 spiro atoms. The Morgan fingerprint density at radius 1 is 1.33 bits per heavy atom. The van der Waals surface area contributed by atoms with Crippen molar-refractivity contribution in [2.75, 3.05) is 26.2 Å². The maximum Gasteiger partial charge on any atom is 0.239 e. The van der Waals surface area contributed by atoms with Gasteiger partial charge in [-0.25, -0.2) is 4.39 Å². The Morgan fingerprint density at radius 2 is 2.04 bits per heavy atom. The van der Waals surface area contributed by atoms with Crippen LogP contribution in [0.15, 0.2) is 24.3 Å². The zero-order valence-corrected chi connectivity index (χ0v) is 17.0. The van der Waals surface area contributed by atoms with Crippen LogP contribution < -0.4 is 10.6 Å². The van der Waals surface area contributed by atoms with Crippen LogP contribution in [0.1, 0.15) is 38.7 Å². The van der Waals surface area contributed by atoms with Crippen molar-refractivity contribution in [3.8, 4) is 0 Å². The predicted octanol–water partition coefficient (Wildman–Crippen LogP) is 2.74. The molecule has 2 atom stereocenters. The highest BCUT2D eigenvalue weighted by molar-refractivity contribution is 5.85. The molecule has 27 heavy (non-hydrogen) atoms. The molecule has 0 aliphatic carbocycles. The fraction of sp³-hybridized carbons (Fsp3) is 0.600. The molecule has 152 valence electrons. The Balaban J connectivity index is 0.00000364. The molecule has 2 rings (SSSR count). The molecule has 1 aliphatic heterocycles. The Morgan fingerprint density at radius 3 is 2.63 bits per heavy atom. The van der Waals surface area contributed by atoms with Crippen molar-refractivity contribution in [3.05, 3.63) is 35.6 Å². The van der Waals surface area contributed by atoms with Gasteiger partial charge in [-0.05, 0) is 62.4 Å². The highest BCUT2D eigenvalue weighted by Crippen LogP contribution is 2.23. The number of carbonyl (C=O) groups excluding carboxylic acids is 2. The number of nitrogens with zero attached hydrogens (tertiary/aromatic N) is 1. The van der Waals surface area contributed by atoms with Crippen LogP contribution in [0.5, 0.6) is 0 Å². The van der Waals surface area contributed by atoms with Gasteiger partial charge in [0.25, 0.3) is 0 Å². The van der Waals surface area contributed by atoms with Crippen LogP contribution in [0.25, 0.3) is 0 Å². The first-order chi connectivity index (χ1) is 12.5. The summed E-state index contributed by atoms with van der Waals surface area (Å²) in [6.07, 6.45) is 2.80. The fourth-order valence-electron chi connectivity index (χ4n) is 3.34. The Hall–Kier alpha value is -1.66. The molecular formula is C20H31ClFN3O2. The minimum atomic E-state index is -0.301. The average Bonchev–Trinajstić information content (AvgIpc) is 2.66. The van der Waals surface area contributed by atoms with Gasteiger partial charge < -0.3 is 15.5 Å². The molecule has 5 nitrogen and oxygen atoms in total. The average molecular weight is 400 g/mol. The van der Waals surface area contributed by atoms with Gasteiger partial charge in [0.15, 0.2) is 0 Å². The summed E-state index contributed by atoms with van der Waals surface area (Å²) in [7, 11) is 0. The van der Waals surface area contributed by atoms with E-state index >= 15 is 0 Å². The first-order valence-electron chi connectivity index (χ1n) is 9.49. The van der Waals surface area contributed by atoms with Crippen LogP contribution in [-0.2, 0) is 16.1 Å². The summed E-state index contributed by atoms with van der Waals surface area (Å²) in [4.78, 5) is 26.3. The molecule has 2 unspecified atom stereocenters. The van der Waals surface area contributed by atoms with E-state index in [-0.39, 0.29) is 36.6 Å². The third-order valence-electron chi connectivity index (χ3n) is 5.11. The zero-order valence-electron chi connectivity index (χ0n) is 16.2. The third kappa shape index (κ3) is 7.85. The first-order valence-corrected chi connectivity index (χ1v) is 9.49. The van der Waals surface area contributed by atoms with Gasteiger partial charge >= 0.3 is 0 Å². The number of amides is 2. The Bertz CT molecular complexity index is 591. The number of hydrogen-bond donors (Lipinski definition) is 2. The van der Waals surface area contributed by atoms with E-state index in [0.29, 0.717) is 31.3 Å². The van der Waals surface area contributed by atoms with Crippen molar-refractivity contribution in [2.45, 2.75) is 39.7 Å². The van der Waals surface area contributed by atoms with Gasteiger partial charge in [0.2, 0.25) is 11.8 Å². The molecule has 1 aromatic carbocycles. The summed E-state index contributed by atoms with van der Waals surface area (Å²) in [5.74, 6) is 0.370. The monoisotopic (exact) mass is 399 g/mol. The van der Waals surface area contributed by atoms with E-state index in [0.717, 1.165) is 31.5 Å². The maximum atomic E-state index is 12.9. The lowest BCUT2D eigenvalue weighted by atomic mass is 9.85. The van der Waals surface area contributed by atoms with Gasteiger partial charge in [-0.1, -0.05) is 19.1 Å². The molecular weight excluding hydrogens is 369 g/mol. The summed E-state index contributed by atoms with van der Waals surface area (Å²) in [5, 5.41) is 6.18. The molecule has 0 bridgehead atoms. The van der Waals surface area contributed by atoms with E-state index in [9.17, 15) is 14.0 Å². The second-order valence-corrected chi connectivity index (χ2v) is 7.10. The summed E-state index contributed by atoms with van der Waals surface area (Å²) in [5.41, 5.74) is 0.826. The van der Waals surface area contributed by atoms with Crippen LogP contribution in [0.3, 0.4) is 0 Å². The van der Waals surface area contributed by atoms with E-state index in [1.54, 1.807) is 17.0 Å². The van der Waals surface area contributed by atoms with Gasteiger partial charge in [0, 0.05) is 19.5 Å². The number of halogens is 2. The number of nitrogens with one attached hydrogen (secondary N) is 2. The van der Waals surface area contributed by atoms with Crippen LogP contribution in [0.2, 0.25) is 0 Å². The summed E-state index contributed by atoms with van der Waals surface area (Å²) in [6, 6.07) is 6.01. The fourth-order valence-corrected chi connectivity index (χ4v) is 3.34. The lowest BCUT2D eigenvalue weighted by Crippen LogP contribution is -2.42. The van der Waals surface area contributed by atoms with Gasteiger partial charge in [-0.15, -0.1) is 12.4 Å². The van der Waals surface area contributed by atoms with E-state index in [2.05, 4.69) is 17.6 Å². The second-order valence-electron chi connectivity index (χ2n) is 7.10. The molecule has 1 saturated heterocycles. The molecule has 2 amide bonds. The van der Waals surface area contributed by atoms with Crippen molar-refractivity contribution < 1.29 is 14.0 Å². The first kappa shape index (κ1) is 23.4. The highest BCUT2D eigenvalue weighted by Gasteiger charge is 2.24. The number of benzene rings is 1. The number of carbonyl (C=O) groups is 2. The summed E-state index contributed by atoms with van der Waals surface area (Å²) in [6.45, 7) is 6.95. The molecule has 2 N–H and O–H groups in total. The number of likely N-dealkylation sites (N-methyl/N-ethyl adjacent to an activating group) is 1. The smallest absolute Gasteiger partial charge is 0.239 e. The quantitative estimate of drug-likeness (QED) is 0.706. The normalized spacial score (nSPS) is 17.5. The van der Waals surface area contributed by atoms with Crippen molar-refractivity contribution in [1.82, 2.24) is 15.5 Å². The summed E-state index contributed by atoms with van der Waals surface area (Å²) < 4.78 is 12.9. The second kappa shape index (κ2) is 11.9. The van der Waals surface area contributed by atoms with Gasteiger partial charge in [-0.2, -0.15) is 0 Å². The van der Waals surface area contributed by atoms with Gasteiger partial charge in [0.1, 0.15) is 5.82 Å². The van der Waals surface area contributed by atoms with Crippen molar-refractivity contribution in [3.63, 3.8) is 0 Å². The molecule has 1 fully saturated rings.